The molecule has 0 bridgehead atoms. The Balaban J connectivity index is 1.76. The highest BCUT2D eigenvalue weighted by Crippen LogP contribution is 2.21. The summed E-state index contributed by atoms with van der Waals surface area (Å²) in [6.07, 6.45) is 0. The molecule has 0 aliphatic carbocycles. The Hall–Kier alpha value is -2.16. The van der Waals surface area contributed by atoms with Gasteiger partial charge in [-0.2, -0.15) is 4.31 Å². The largest absolute Gasteiger partial charge is 0.438 e. The van der Waals surface area contributed by atoms with Crippen LogP contribution in [0.15, 0.2) is 52.0 Å². The summed E-state index contributed by atoms with van der Waals surface area (Å²) in [6, 6.07) is 12.4. The van der Waals surface area contributed by atoms with Gasteiger partial charge in [-0.25, -0.2) is 8.42 Å². The van der Waals surface area contributed by atoms with E-state index in [9.17, 15) is 13.2 Å². The van der Waals surface area contributed by atoms with Gasteiger partial charge < -0.3 is 14.1 Å². The summed E-state index contributed by atoms with van der Waals surface area (Å²) < 4.78 is 37.1. The molecular weight excluding hydrogens is 356 g/mol. The number of nitrogens with zero attached hydrogens (tertiary/aromatic N) is 2. The van der Waals surface area contributed by atoms with Gasteiger partial charge in [-0.05, 0) is 24.6 Å². The van der Waals surface area contributed by atoms with Crippen molar-refractivity contribution in [2.45, 2.75) is 18.6 Å². The maximum Gasteiger partial charge on any atom is 0.289 e. The molecule has 26 heavy (non-hydrogen) atoms. The highest BCUT2D eigenvalue weighted by Gasteiger charge is 2.30. The Morgan fingerprint density at radius 2 is 1.81 bits per heavy atom. The molecule has 2 aromatic rings. The number of carbonyl (C=O) groups is 1. The van der Waals surface area contributed by atoms with Crippen LogP contribution in [-0.2, 0) is 21.3 Å². The lowest BCUT2D eigenvalue weighted by atomic mass is 10.2. The minimum atomic E-state index is -3.75. The van der Waals surface area contributed by atoms with Gasteiger partial charge in [0, 0.05) is 26.2 Å². The molecule has 1 amide bonds. The van der Waals surface area contributed by atoms with Crippen molar-refractivity contribution in [2.75, 3.05) is 32.8 Å². The first-order chi connectivity index (χ1) is 12.5. The van der Waals surface area contributed by atoms with Crippen LogP contribution in [0.25, 0.3) is 0 Å². The summed E-state index contributed by atoms with van der Waals surface area (Å²) in [5.74, 6) is -0.311. The minimum absolute atomic E-state index is 0.0228. The van der Waals surface area contributed by atoms with Crippen molar-refractivity contribution in [3.63, 3.8) is 0 Å². The number of ether oxygens (including phenoxy) is 1. The van der Waals surface area contributed by atoms with Gasteiger partial charge in [-0.1, -0.05) is 30.3 Å². The molecule has 0 atom stereocenters. The Morgan fingerprint density at radius 1 is 1.12 bits per heavy atom. The van der Waals surface area contributed by atoms with Crippen LogP contribution in [0.1, 0.15) is 23.0 Å². The summed E-state index contributed by atoms with van der Waals surface area (Å²) in [5, 5.41) is -0.210. The first-order valence-corrected chi connectivity index (χ1v) is 9.97. The normalized spacial score (nSPS) is 15.7. The summed E-state index contributed by atoms with van der Waals surface area (Å²) in [5.41, 5.74) is 0.996. The van der Waals surface area contributed by atoms with Crippen LogP contribution in [0.2, 0.25) is 0 Å². The van der Waals surface area contributed by atoms with Gasteiger partial charge in [0.2, 0.25) is 5.09 Å². The smallest absolute Gasteiger partial charge is 0.289 e. The number of benzene rings is 1. The number of furan rings is 1. The van der Waals surface area contributed by atoms with Crippen LogP contribution in [-0.4, -0.2) is 56.4 Å². The van der Waals surface area contributed by atoms with E-state index in [1.807, 2.05) is 37.3 Å². The Labute approximate surface area is 153 Å². The maximum atomic E-state index is 12.7. The first kappa shape index (κ1) is 18.6. The summed E-state index contributed by atoms with van der Waals surface area (Å²) in [7, 11) is -3.75. The van der Waals surface area contributed by atoms with E-state index >= 15 is 0 Å². The summed E-state index contributed by atoms with van der Waals surface area (Å²) in [6.45, 7) is 4.05. The average molecular weight is 378 g/mol. The molecule has 3 rings (SSSR count). The highest BCUT2D eigenvalue weighted by atomic mass is 32.2. The fourth-order valence-corrected chi connectivity index (χ4v) is 4.09. The second-order valence-electron chi connectivity index (χ2n) is 5.94. The van der Waals surface area contributed by atoms with Gasteiger partial charge in [0.25, 0.3) is 15.9 Å². The Bertz CT molecular complexity index is 841. The maximum absolute atomic E-state index is 12.7. The molecule has 1 aromatic heterocycles. The van der Waals surface area contributed by atoms with Crippen molar-refractivity contribution in [2.24, 2.45) is 0 Å². The van der Waals surface area contributed by atoms with E-state index in [1.165, 1.54) is 16.4 Å². The van der Waals surface area contributed by atoms with Crippen molar-refractivity contribution < 1.29 is 22.4 Å². The van der Waals surface area contributed by atoms with E-state index < -0.39 is 10.0 Å². The van der Waals surface area contributed by atoms with Crippen molar-refractivity contribution in [1.82, 2.24) is 9.21 Å². The van der Waals surface area contributed by atoms with Gasteiger partial charge >= 0.3 is 0 Å². The molecule has 8 heteroatoms. The zero-order chi connectivity index (χ0) is 18.6. The van der Waals surface area contributed by atoms with E-state index in [0.717, 1.165) is 5.56 Å². The molecule has 1 aromatic carbocycles. The number of hydrogen-bond donors (Lipinski definition) is 0. The average Bonchev–Trinajstić information content (AvgIpc) is 3.18. The molecule has 0 N–H and O–H groups in total. The second-order valence-corrected chi connectivity index (χ2v) is 7.81. The molecule has 1 aliphatic rings. The molecule has 0 saturated carbocycles. The van der Waals surface area contributed by atoms with Crippen LogP contribution < -0.4 is 0 Å². The van der Waals surface area contributed by atoms with E-state index in [4.69, 9.17) is 9.15 Å². The van der Waals surface area contributed by atoms with Gasteiger partial charge in [0.15, 0.2) is 5.76 Å². The quantitative estimate of drug-likeness (QED) is 0.768. The molecular formula is C18H22N2O5S. The van der Waals surface area contributed by atoms with Crippen LogP contribution in [0, 0.1) is 0 Å². The zero-order valence-electron chi connectivity index (χ0n) is 14.6. The lowest BCUT2D eigenvalue weighted by Crippen LogP contribution is -2.40. The molecule has 1 fully saturated rings. The molecule has 2 heterocycles. The lowest BCUT2D eigenvalue weighted by molar-refractivity contribution is 0.0700. The molecule has 1 saturated heterocycles. The van der Waals surface area contributed by atoms with E-state index in [0.29, 0.717) is 26.3 Å². The van der Waals surface area contributed by atoms with Crippen LogP contribution >= 0.6 is 0 Å². The topological polar surface area (TPSA) is 80.1 Å². The fourth-order valence-electron chi connectivity index (χ4n) is 2.77. The van der Waals surface area contributed by atoms with Crippen molar-refractivity contribution in [1.29, 1.82) is 0 Å². The highest BCUT2D eigenvalue weighted by molar-refractivity contribution is 7.89. The predicted molar refractivity (Wildman–Crippen MR) is 95.1 cm³/mol. The monoisotopic (exact) mass is 378 g/mol. The van der Waals surface area contributed by atoms with Gasteiger partial charge in [0.1, 0.15) is 0 Å². The number of carbonyl (C=O) groups excluding carboxylic acids is 1. The van der Waals surface area contributed by atoms with Crippen LogP contribution in [0.5, 0.6) is 0 Å². The fraction of sp³-hybridized carbons (Fsp3) is 0.389. The third kappa shape index (κ3) is 3.98. The minimum Gasteiger partial charge on any atom is -0.438 e. The molecule has 0 radical (unpaired) electrons. The number of rotatable bonds is 6. The van der Waals surface area contributed by atoms with E-state index in [-0.39, 0.29) is 29.8 Å². The molecule has 0 spiro atoms. The predicted octanol–water partition coefficient (Wildman–Crippen LogP) is 1.96. The molecule has 140 valence electrons. The summed E-state index contributed by atoms with van der Waals surface area (Å²) >= 11 is 0. The molecule has 0 unspecified atom stereocenters. The zero-order valence-corrected chi connectivity index (χ0v) is 15.4. The van der Waals surface area contributed by atoms with Crippen molar-refractivity contribution >= 4 is 15.9 Å². The Kier molecular flexibility index (Phi) is 5.75. The van der Waals surface area contributed by atoms with Gasteiger partial charge in [0.05, 0.1) is 13.2 Å². The number of hydrogen-bond acceptors (Lipinski definition) is 5. The van der Waals surface area contributed by atoms with Crippen LogP contribution in [0.4, 0.5) is 0 Å². The molecule has 1 aliphatic heterocycles. The summed E-state index contributed by atoms with van der Waals surface area (Å²) in [4.78, 5) is 14.3. The molecule has 7 nitrogen and oxygen atoms in total. The lowest BCUT2D eigenvalue weighted by Gasteiger charge is -2.24. The first-order valence-electron chi connectivity index (χ1n) is 8.53. The SMILES string of the molecule is CCN(Cc1ccccc1)C(=O)c1ccc(S(=O)(=O)N2CCOCC2)o1. The third-order valence-corrected chi connectivity index (χ3v) is 6.01. The van der Waals surface area contributed by atoms with Crippen molar-refractivity contribution in [3.8, 4) is 0 Å². The Morgan fingerprint density at radius 3 is 2.46 bits per heavy atom. The second kappa shape index (κ2) is 8.03. The standard InChI is InChI=1S/C18H22N2O5S/c1-2-19(14-15-6-4-3-5-7-15)18(21)16-8-9-17(25-16)26(22,23)20-10-12-24-13-11-20/h3-9H,2,10-14H2,1H3. The number of amides is 1. The van der Waals surface area contributed by atoms with E-state index in [2.05, 4.69) is 0 Å². The van der Waals surface area contributed by atoms with Gasteiger partial charge in [-0.3, -0.25) is 4.79 Å². The third-order valence-electron chi connectivity index (χ3n) is 4.24. The number of sulfonamides is 1. The van der Waals surface area contributed by atoms with Crippen LogP contribution in [0.3, 0.4) is 0 Å². The van der Waals surface area contributed by atoms with E-state index in [1.54, 1.807) is 4.90 Å². The number of morpholine rings is 1. The van der Waals surface area contributed by atoms with Gasteiger partial charge in [-0.15, -0.1) is 0 Å². The van der Waals surface area contributed by atoms with Crippen molar-refractivity contribution in [3.05, 3.63) is 53.8 Å².